The average molecular weight is 457 g/mol. The SMILES string of the molecule is CCN(CC)CCOc1ccc(CNC(=O)c2cnn(-c3ccccc3Cl)c2)cc1OC. The van der Waals surface area contributed by atoms with Gasteiger partial charge in [-0.1, -0.05) is 43.6 Å². The monoisotopic (exact) mass is 456 g/mol. The topological polar surface area (TPSA) is 68.6 Å². The van der Waals surface area contributed by atoms with Crippen LogP contribution in [0.2, 0.25) is 5.02 Å². The molecule has 0 radical (unpaired) electrons. The molecule has 8 heteroatoms. The van der Waals surface area contributed by atoms with Gasteiger partial charge in [-0.3, -0.25) is 4.79 Å². The third-order valence-corrected chi connectivity index (χ3v) is 5.50. The lowest BCUT2D eigenvalue weighted by Crippen LogP contribution is -2.28. The Morgan fingerprint density at radius 1 is 1.16 bits per heavy atom. The number of carbonyl (C=O) groups is 1. The second-order valence-corrected chi connectivity index (χ2v) is 7.58. The minimum Gasteiger partial charge on any atom is -0.493 e. The molecule has 1 heterocycles. The number of nitrogens with zero attached hydrogens (tertiary/aromatic N) is 3. The first-order chi connectivity index (χ1) is 15.5. The maximum Gasteiger partial charge on any atom is 0.254 e. The van der Waals surface area contributed by atoms with Gasteiger partial charge in [0.05, 0.1) is 29.6 Å². The molecule has 0 spiro atoms. The number of methoxy groups -OCH3 is 1. The molecule has 32 heavy (non-hydrogen) atoms. The van der Waals surface area contributed by atoms with Gasteiger partial charge in [-0.2, -0.15) is 5.10 Å². The third-order valence-electron chi connectivity index (χ3n) is 5.18. The number of para-hydroxylation sites is 1. The summed E-state index contributed by atoms with van der Waals surface area (Å²) in [5.41, 5.74) is 2.08. The number of hydrogen-bond acceptors (Lipinski definition) is 5. The Morgan fingerprint density at radius 3 is 2.66 bits per heavy atom. The van der Waals surface area contributed by atoms with Crippen molar-refractivity contribution < 1.29 is 14.3 Å². The lowest BCUT2D eigenvalue weighted by molar-refractivity contribution is 0.0951. The number of amides is 1. The van der Waals surface area contributed by atoms with Crippen LogP contribution in [0.1, 0.15) is 29.8 Å². The van der Waals surface area contributed by atoms with Gasteiger partial charge in [0, 0.05) is 19.3 Å². The van der Waals surface area contributed by atoms with E-state index in [4.69, 9.17) is 21.1 Å². The highest BCUT2D eigenvalue weighted by Gasteiger charge is 2.12. The van der Waals surface area contributed by atoms with E-state index < -0.39 is 0 Å². The fraction of sp³-hybridized carbons (Fsp3) is 0.333. The van der Waals surface area contributed by atoms with Gasteiger partial charge in [-0.15, -0.1) is 0 Å². The minimum atomic E-state index is -0.221. The van der Waals surface area contributed by atoms with Crippen molar-refractivity contribution in [2.45, 2.75) is 20.4 Å². The van der Waals surface area contributed by atoms with Gasteiger partial charge in [-0.25, -0.2) is 4.68 Å². The van der Waals surface area contributed by atoms with Crippen LogP contribution in [-0.2, 0) is 6.54 Å². The number of aromatic nitrogens is 2. The van der Waals surface area contributed by atoms with Crippen molar-refractivity contribution in [3.05, 3.63) is 71.0 Å². The van der Waals surface area contributed by atoms with E-state index in [9.17, 15) is 4.79 Å². The van der Waals surface area contributed by atoms with Crippen molar-refractivity contribution in [3.63, 3.8) is 0 Å². The number of benzene rings is 2. The Hall–Kier alpha value is -3.03. The maximum atomic E-state index is 12.6. The van der Waals surface area contributed by atoms with Crippen molar-refractivity contribution in [2.24, 2.45) is 0 Å². The third kappa shape index (κ3) is 6.02. The minimum absolute atomic E-state index is 0.221. The van der Waals surface area contributed by atoms with Crippen molar-refractivity contribution >= 4 is 17.5 Å². The number of nitrogens with one attached hydrogen (secondary N) is 1. The molecule has 1 amide bonds. The molecule has 0 bridgehead atoms. The van der Waals surface area contributed by atoms with E-state index in [0.29, 0.717) is 35.2 Å². The van der Waals surface area contributed by atoms with Crippen molar-refractivity contribution in [2.75, 3.05) is 33.4 Å². The first-order valence-electron chi connectivity index (χ1n) is 10.7. The van der Waals surface area contributed by atoms with E-state index in [1.165, 1.54) is 6.20 Å². The van der Waals surface area contributed by atoms with Gasteiger partial charge in [0.25, 0.3) is 5.91 Å². The summed E-state index contributed by atoms with van der Waals surface area (Å²) < 4.78 is 13.0. The number of halogens is 1. The van der Waals surface area contributed by atoms with E-state index in [-0.39, 0.29) is 5.91 Å². The molecule has 1 aromatic heterocycles. The van der Waals surface area contributed by atoms with Crippen LogP contribution in [-0.4, -0.2) is 53.9 Å². The first kappa shape index (κ1) is 23.6. The molecule has 0 aliphatic carbocycles. The Kier molecular flexibility index (Phi) is 8.53. The molecule has 0 saturated carbocycles. The van der Waals surface area contributed by atoms with Crippen molar-refractivity contribution in [1.29, 1.82) is 0 Å². The molecule has 3 rings (SSSR count). The Balaban J connectivity index is 1.58. The van der Waals surface area contributed by atoms with Crippen LogP contribution in [0.5, 0.6) is 11.5 Å². The lowest BCUT2D eigenvalue weighted by atomic mass is 10.2. The normalized spacial score (nSPS) is 10.9. The number of hydrogen-bond donors (Lipinski definition) is 1. The Bertz CT molecular complexity index is 1030. The molecule has 1 N–H and O–H groups in total. The van der Waals surface area contributed by atoms with Gasteiger partial charge in [0.1, 0.15) is 6.61 Å². The summed E-state index contributed by atoms with van der Waals surface area (Å²) in [7, 11) is 1.61. The van der Waals surface area contributed by atoms with Crippen molar-refractivity contribution in [1.82, 2.24) is 20.0 Å². The Morgan fingerprint density at radius 2 is 1.94 bits per heavy atom. The average Bonchev–Trinajstić information content (AvgIpc) is 3.31. The number of rotatable bonds is 11. The zero-order valence-electron chi connectivity index (χ0n) is 18.7. The molecule has 0 aliphatic heterocycles. The predicted octanol–water partition coefficient (Wildman–Crippen LogP) is 4.18. The summed E-state index contributed by atoms with van der Waals surface area (Å²) in [6, 6.07) is 13.0. The highest BCUT2D eigenvalue weighted by molar-refractivity contribution is 6.32. The zero-order chi connectivity index (χ0) is 22.9. The molecule has 0 unspecified atom stereocenters. The molecule has 3 aromatic rings. The Labute approximate surface area is 193 Å². The predicted molar refractivity (Wildman–Crippen MR) is 126 cm³/mol. The number of carbonyl (C=O) groups excluding carboxylic acids is 1. The summed E-state index contributed by atoms with van der Waals surface area (Å²) in [6.45, 7) is 8.05. The van der Waals surface area contributed by atoms with E-state index in [2.05, 4.69) is 29.2 Å². The molecule has 2 aromatic carbocycles. The molecule has 170 valence electrons. The molecule has 0 fully saturated rings. The van der Waals surface area contributed by atoms with Crippen molar-refractivity contribution in [3.8, 4) is 17.2 Å². The van der Waals surface area contributed by atoms with Gasteiger partial charge < -0.3 is 19.7 Å². The molecule has 0 atom stereocenters. The fourth-order valence-corrected chi connectivity index (χ4v) is 3.48. The van der Waals surface area contributed by atoms with Crippen LogP contribution in [0.25, 0.3) is 5.69 Å². The number of ether oxygens (including phenoxy) is 2. The summed E-state index contributed by atoms with van der Waals surface area (Å²) in [5, 5.41) is 7.72. The highest BCUT2D eigenvalue weighted by atomic mass is 35.5. The smallest absolute Gasteiger partial charge is 0.254 e. The van der Waals surface area contributed by atoms with E-state index in [1.54, 1.807) is 24.1 Å². The van der Waals surface area contributed by atoms with Crippen LogP contribution in [0, 0.1) is 0 Å². The highest BCUT2D eigenvalue weighted by Crippen LogP contribution is 2.28. The molecule has 0 aliphatic rings. The molecular formula is C24H29ClN4O3. The van der Waals surface area contributed by atoms with Gasteiger partial charge in [0.15, 0.2) is 11.5 Å². The lowest BCUT2D eigenvalue weighted by Gasteiger charge is -2.19. The summed E-state index contributed by atoms with van der Waals surface area (Å²) >= 11 is 6.21. The van der Waals surface area contributed by atoms with E-state index in [1.807, 2.05) is 36.4 Å². The van der Waals surface area contributed by atoms with Crippen LogP contribution < -0.4 is 14.8 Å². The largest absolute Gasteiger partial charge is 0.493 e. The standard InChI is InChI=1S/C24H29ClN4O3/c1-4-28(5-2)12-13-32-22-11-10-18(14-23(22)31-3)15-26-24(30)19-16-27-29(17-19)21-9-7-6-8-20(21)25/h6-11,14,16-17H,4-5,12-13,15H2,1-3H3,(H,26,30). The first-order valence-corrected chi connectivity index (χ1v) is 11.0. The van der Waals surface area contributed by atoms with Crippen LogP contribution in [0.4, 0.5) is 0 Å². The van der Waals surface area contributed by atoms with E-state index >= 15 is 0 Å². The summed E-state index contributed by atoms with van der Waals surface area (Å²) in [4.78, 5) is 14.9. The molecule has 7 nitrogen and oxygen atoms in total. The number of likely N-dealkylation sites (N-methyl/N-ethyl adjacent to an activating group) is 1. The summed E-state index contributed by atoms with van der Waals surface area (Å²) in [6.07, 6.45) is 3.18. The van der Waals surface area contributed by atoms with Crippen LogP contribution in [0.15, 0.2) is 54.9 Å². The van der Waals surface area contributed by atoms with Crippen LogP contribution in [0.3, 0.4) is 0 Å². The van der Waals surface area contributed by atoms with Gasteiger partial charge >= 0.3 is 0 Å². The molecular weight excluding hydrogens is 428 g/mol. The summed E-state index contributed by atoms with van der Waals surface area (Å²) in [5.74, 6) is 1.11. The zero-order valence-corrected chi connectivity index (χ0v) is 19.4. The van der Waals surface area contributed by atoms with Gasteiger partial charge in [0.2, 0.25) is 0 Å². The van der Waals surface area contributed by atoms with Crippen LogP contribution >= 0.6 is 11.6 Å². The quantitative estimate of drug-likeness (QED) is 0.468. The maximum absolute atomic E-state index is 12.6. The fourth-order valence-electron chi connectivity index (χ4n) is 3.26. The second-order valence-electron chi connectivity index (χ2n) is 7.17. The van der Waals surface area contributed by atoms with Gasteiger partial charge in [-0.05, 0) is 42.9 Å². The molecule has 0 saturated heterocycles. The van der Waals surface area contributed by atoms with E-state index in [0.717, 1.165) is 30.9 Å². The second kappa shape index (κ2) is 11.5.